The lowest BCUT2D eigenvalue weighted by molar-refractivity contribution is -0.923. The summed E-state index contributed by atoms with van der Waals surface area (Å²) in [5.41, 5.74) is 0.699. The average Bonchev–Trinajstić information content (AvgIpc) is 2.29. The van der Waals surface area contributed by atoms with Gasteiger partial charge in [0.05, 0.1) is 30.7 Å². The van der Waals surface area contributed by atoms with Gasteiger partial charge in [0.1, 0.15) is 19.6 Å². The molecule has 0 amide bonds. The van der Waals surface area contributed by atoms with Gasteiger partial charge in [-0.05, 0) is 6.07 Å². The maximum Gasteiger partial charge on any atom is 0.278 e. The van der Waals surface area contributed by atoms with Crippen molar-refractivity contribution in [2.24, 2.45) is 0 Å². The fourth-order valence-electron chi connectivity index (χ4n) is 1.99. The second-order valence-electron chi connectivity index (χ2n) is 4.56. The van der Waals surface area contributed by atoms with Gasteiger partial charge in [0.15, 0.2) is 0 Å². The molecule has 0 saturated carbocycles. The van der Waals surface area contributed by atoms with E-state index in [-0.39, 0.29) is 18.9 Å². The highest BCUT2D eigenvalue weighted by Crippen LogP contribution is 2.21. The zero-order valence-electron chi connectivity index (χ0n) is 10.5. The number of hydrogen-bond acceptors (Lipinski definition) is 4. The number of nitro benzene ring substituents is 1. The van der Waals surface area contributed by atoms with Crippen LogP contribution in [0.5, 0.6) is 0 Å². The minimum atomic E-state index is -0.405. The third-order valence-corrected chi connectivity index (χ3v) is 3.02. The van der Waals surface area contributed by atoms with Gasteiger partial charge in [-0.25, -0.2) is 0 Å². The molecule has 2 N–H and O–H groups in total. The number of aliphatic hydroxyl groups excluding tert-OH is 2. The van der Waals surface area contributed by atoms with E-state index < -0.39 is 4.92 Å². The van der Waals surface area contributed by atoms with Crippen molar-refractivity contribution < 1.29 is 19.6 Å². The van der Waals surface area contributed by atoms with Crippen LogP contribution in [0.4, 0.5) is 5.69 Å². The number of hydrogen-bond donors (Lipinski definition) is 2. The predicted molar refractivity (Wildman–Crippen MR) is 66.9 cm³/mol. The van der Waals surface area contributed by atoms with Crippen molar-refractivity contribution in [2.75, 3.05) is 33.4 Å². The number of benzene rings is 1. The Bertz CT molecular complexity index is 403. The molecule has 6 nitrogen and oxygen atoms in total. The molecule has 0 unspecified atom stereocenters. The predicted octanol–water partition coefficient (Wildman–Crippen LogP) is 0.526. The average molecular weight is 255 g/mol. The van der Waals surface area contributed by atoms with Crippen LogP contribution in [0.3, 0.4) is 0 Å². The number of rotatable bonds is 7. The molecule has 0 saturated heterocycles. The van der Waals surface area contributed by atoms with Crippen molar-refractivity contribution in [3.05, 3.63) is 39.9 Å². The number of quaternary nitrogens is 1. The molecule has 0 aliphatic heterocycles. The standard InChI is InChI=1S/C12H19N2O4/c1-14(6-8-15,7-9-16)10-11-4-2-3-5-12(11)13(17)18/h2-5,15-16H,6-10H2,1H3/q+1. The maximum atomic E-state index is 10.9. The molecule has 18 heavy (non-hydrogen) atoms. The second kappa shape index (κ2) is 6.44. The van der Waals surface area contributed by atoms with Gasteiger partial charge in [0, 0.05) is 6.07 Å². The Labute approximate surface area is 106 Å². The Morgan fingerprint density at radius 3 is 2.28 bits per heavy atom. The van der Waals surface area contributed by atoms with Crippen molar-refractivity contribution in [3.63, 3.8) is 0 Å². The van der Waals surface area contributed by atoms with Crippen molar-refractivity contribution in [3.8, 4) is 0 Å². The third-order valence-electron chi connectivity index (χ3n) is 3.02. The van der Waals surface area contributed by atoms with Gasteiger partial charge in [-0.3, -0.25) is 10.1 Å². The van der Waals surface area contributed by atoms with Gasteiger partial charge in [-0.2, -0.15) is 0 Å². The topological polar surface area (TPSA) is 83.6 Å². The SMILES string of the molecule is C[N+](CCO)(CCO)Cc1ccccc1[N+](=O)[O-]. The van der Waals surface area contributed by atoms with Crippen LogP contribution in [-0.2, 0) is 6.54 Å². The van der Waals surface area contributed by atoms with Crippen molar-refractivity contribution in [2.45, 2.75) is 6.54 Å². The molecule has 0 aliphatic rings. The molecule has 0 heterocycles. The Kier molecular flexibility index (Phi) is 5.21. The van der Waals surface area contributed by atoms with Crippen LogP contribution in [0.25, 0.3) is 0 Å². The monoisotopic (exact) mass is 255 g/mol. The highest BCUT2D eigenvalue weighted by atomic mass is 16.6. The zero-order chi connectivity index (χ0) is 13.6. The van der Waals surface area contributed by atoms with Gasteiger partial charge in [0.25, 0.3) is 5.69 Å². The number of para-hydroxylation sites is 1. The van der Waals surface area contributed by atoms with E-state index in [9.17, 15) is 10.1 Å². The molecule has 0 bridgehead atoms. The van der Waals surface area contributed by atoms with E-state index >= 15 is 0 Å². The first-order chi connectivity index (χ1) is 8.52. The molecule has 0 atom stereocenters. The van der Waals surface area contributed by atoms with Crippen molar-refractivity contribution in [1.82, 2.24) is 0 Å². The second-order valence-corrected chi connectivity index (χ2v) is 4.56. The van der Waals surface area contributed by atoms with E-state index in [0.717, 1.165) is 0 Å². The molecule has 100 valence electrons. The van der Waals surface area contributed by atoms with Crippen LogP contribution >= 0.6 is 0 Å². The minimum Gasteiger partial charge on any atom is -0.391 e. The van der Waals surface area contributed by atoms with E-state index in [0.29, 0.717) is 29.7 Å². The lowest BCUT2D eigenvalue weighted by Gasteiger charge is -2.33. The number of nitro groups is 1. The first-order valence-electron chi connectivity index (χ1n) is 5.80. The first kappa shape index (κ1) is 14.6. The zero-order valence-corrected chi connectivity index (χ0v) is 10.5. The summed E-state index contributed by atoms with van der Waals surface area (Å²) in [5.74, 6) is 0. The van der Waals surface area contributed by atoms with Crippen LogP contribution in [0.1, 0.15) is 5.56 Å². The molecule has 1 aromatic rings. The number of likely N-dealkylation sites (N-methyl/N-ethyl adjacent to an activating group) is 1. The molecule has 0 aliphatic carbocycles. The van der Waals surface area contributed by atoms with Crippen LogP contribution in [0, 0.1) is 10.1 Å². The summed E-state index contributed by atoms with van der Waals surface area (Å²) < 4.78 is 0.373. The molecule has 0 aromatic heterocycles. The van der Waals surface area contributed by atoms with Crippen LogP contribution in [0.15, 0.2) is 24.3 Å². The van der Waals surface area contributed by atoms with Crippen molar-refractivity contribution >= 4 is 5.69 Å². The summed E-state index contributed by atoms with van der Waals surface area (Å²) in [4.78, 5) is 10.5. The Balaban J connectivity index is 2.96. The Morgan fingerprint density at radius 1 is 1.22 bits per heavy atom. The molecule has 0 spiro atoms. The Hall–Kier alpha value is -1.50. The molecule has 1 aromatic carbocycles. The fraction of sp³-hybridized carbons (Fsp3) is 0.500. The van der Waals surface area contributed by atoms with Gasteiger partial charge in [-0.15, -0.1) is 0 Å². The minimum absolute atomic E-state index is 0.0167. The van der Waals surface area contributed by atoms with Gasteiger partial charge >= 0.3 is 0 Å². The fourth-order valence-corrected chi connectivity index (χ4v) is 1.99. The Morgan fingerprint density at radius 2 is 1.78 bits per heavy atom. The van der Waals surface area contributed by atoms with Gasteiger partial charge in [-0.1, -0.05) is 12.1 Å². The molecule has 0 radical (unpaired) electrons. The summed E-state index contributed by atoms with van der Waals surface area (Å²) >= 11 is 0. The first-order valence-corrected chi connectivity index (χ1v) is 5.80. The normalized spacial score (nSPS) is 11.5. The molecular formula is C12H19N2O4+. The summed E-state index contributed by atoms with van der Waals surface area (Å²) in [5, 5.41) is 29.0. The number of nitrogens with zero attached hydrogens (tertiary/aromatic N) is 2. The quantitative estimate of drug-likeness (QED) is 0.423. The van der Waals surface area contributed by atoms with Crippen LogP contribution < -0.4 is 0 Å². The molecule has 6 heteroatoms. The highest BCUT2D eigenvalue weighted by molar-refractivity contribution is 5.39. The van der Waals surface area contributed by atoms with E-state index in [2.05, 4.69) is 0 Å². The van der Waals surface area contributed by atoms with Crippen molar-refractivity contribution in [1.29, 1.82) is 0 Å². The molecule has 0 fully saturated rings. The largest absolute Gasteiger partial charge is 0.391 e. The summed E-state index contributed by atoms with van der Waals surface area (Å²) in [7, 11) is 1.86. The van der Waals surface area contributed by atoms with E-state index in [1.165, 1.54) is 6.07 Å². The molecular weight excluding hydrogens is 236 g/mol. The third kappa shape index (κ3) is 3.76. The lowest BCUT2D eigenvalue weighted by Crippen LogP contribution is -2.47. The lowest BCUT2D eigenvalue weighted by atomic mass is 10.1. The number of aliphatic hydroxyl groups is 2. The summed E-state index contributed by atoms with van der Waals surface area (Å²) in [6, 6.07) is 6.57. The summed E-state index contributed by atoms with van der Waals surface area (Å²) in [6.45, 7) is 1.28. The smallest absolute Gasteiger partial charge is 0.278 e. The van der Waals surface area contributed by atoms with E-state index in [4.69, 9.17) is 10.2 Å². The van der Waals surface area contributed by atoms with Gasteiger partial charge < -0.3 is 14.7 Å². The van der Waals surface area contributed by atoms with E-state index in [1.807, 2.05) is 7.05 Å². The van der Waals surface area contributed by atoms with E-state index in [1.54, 1.807) is 18.2 Å². The van der Waals surface area contributed by atoms with Crippen LogP contribution in [-0.4, -0.2) is 53.0 Å². The molecule has 1 rings (SSSR count). The van der Waals surface area contributed by atoms with Gasteiger partial charge in [0.2, 0.25) is 0 Å². The highest BCUT2D eigenvalue weighted by Gasteiger charge is 2.25. The van der Waals surface area contributed by atoms with Crippen LogP contribution in [0.2, 0.25) is 0 Å². The maximum absolute atomic E-state index is 10.9. The summed E-state index contributed by atoms with van der Waals surface area (Å²) in [6.07, 6.45) is 0.